The van der Waals surface area contributed by atoms with Crippen LogP contribution in [-0.2, 0) is 0 Å². The fourth-order valence-corrected chi connectivity index (χ4v) is 1.90. The van der Waals surface area contributed by atoms with Gasteiger partial charge in [0.1, 0.15) is 17.1 Å². The van der Waals surface area contributed by atoms with Crippen molar-refractivity contribution < 1.29 is 9.15 Å². The minimum Gasteiger partial charge on any atom is -0.497 e. The third-order valence-corrected chi connectivity index (χ3v) is 2.78. The summed E-state index contributed by atoms with van der Waals surface area (Å²) in [5.74, 6) is 1.70. The van der Waals surface area contributed by atoms with E-state index in [-0.39, 0.29) is 0 Å². The van der Waals surface area contributed by atoms with Crippen LogP contribution in [0.3, 0.4) is 0 Å². The molecule has 0 aliphatic heterocycles. The summed E-state index contributed by atoms with van der Waals surface area (Å²) < 4.78 is 11.0. The second-order valence-corrected chi connectivity index (χ2v) is 3.88. The molecule has 2 aromatic carbocycles. The molecule has 0 fully saturated rings. The van der Waals surface area contributed by atoms with Crippen LogP contribution in [0.4, 0.5) is 0 Å². The first-order valence-electron chi connectivity index (χ1n) is 5.50. The minimum absolute atomic E-state index is 0.836. The maximum atomic E-state index is 5.80. The van der Waals surface area contributed by atoms with E-state index in [4.69, 9.17) is 9.15 Å². The SMILES string of the molecule is COc1cccc(-c2cc3ccccc3o2)c1. The van der Waals surface area contributed by atoms with Gasteiger partial charge in [-0.25, -0.2) is 0 Å². The lowest BCUT2D eigenvalue weighted by Crippen LogP contribution is -1.82. The van der Waals surface area contributed by atoms with E-state index in [9.17, 15) is 0 Å². The lowest BCUT2D eigenvalue weighted by atomic mass is 10.1. The van der Waals surface area contributed by atoms with Crippen LogP contribution >= 0.6 is 0 Å². The van der Waals surface area contributed by atoms with Crippen molar-refractivity contribution in [2.45, 2.75) is 0 Å². The Bertz CT molecular complexity index is 620. The number of hydrogen-bond acceptors (Lipinski definition) is 2. The van der Waals surface area contributed by atoms with Crippen LogP contribution in [0.15, 0.2) is 59.0 Å². The molecule has 0 bridgehead atoms. The van der Waals surface area contributed by atoms with Crippen LogP contribution < -0.4 is 4.74 Å². The highest BCUT2D eigenvalue weighted by Crippen LogP contribution is 2.29. The molecule has 3 aromatic rings. The van der Waals surface area contributed by atoms with Crippen LogP contribution in [0.1, 0.15) is 0 Å². The van der Waals surface area contributed by atoms with E-state index < -0.39 is 0 Å². The molecule has 2 nitrogen and oxygen atoms in total. The maximum absolute atomic E-state index is 5.80. The molecular formula is C15H12O2. The number of para-hydroxylation sites is 1. The average Bonchev–Trinajstić information content (AvgIpc) is 2.82. The molecule has 17 heavy (non-hydrogen) atoms. The summed E-state index contributed by atoms with van der Waals surface area (Å²) in [5.41, 5.74) is 1.94. The largest absolute Gasteiger partial charge is 0.497 e. The van der Waals surface area contributed by atoms with Gasteiger partial charge in [0.15, 0.2) is 0 Å². The average molecular weight is 224 g/mol. The third kappa shape index (κ3) is 1.78. The molecule has 1 aromatic heterocycles. The van der Waals surface area contributed by atoms with E-state index in [1.807, 2.05) is 54.6 Å². The first-order valence-corrected chi connectivity index (χ1v) is 5.50. The number of hydrogen-bond donors (Lipinski definition) is 0. The van der Waals surface area contributed by atoms with Crippen LogP contribution in [-0.4, -0.2) is 7.11 Å². The van der Waals surface area contributed by atoms with Crippen molar-refractivity contribution in [3.05, 3.63) is 54.6 Å². The molecule has 3 rings (SSSR count). The smallest absolute Gasteiger partial charge is 0.135 e. The van der Waals surface area contributed by atoms with Crippen LogP contribution in [0.2, 0.25) is 0 Å². The van der Waals surface area contributed by atoms with E-state index in [1.54, 1.807) is 7.11 Å². The molecule has 0 amide bonds. The Kier molecular flexibility index (Phi) is 2.33. The van der Waals surface area contributed by atoms with Gasteiger partial charge in [-0.2, -0.15) is 0 Å². The predicted molar refractivity (Wildman–Crippen MR) is 68.2 cm³/mol. The van der Waals surface area contributed by atoms with Crippen LogP contribution in [0.25, 0.3) is 22.3 Å². The molecule has 0 radical (unpaired) electrons. The number of furan rings is 1. The van der Waals surface area contributed by atoms with Gasteiger partial charge in [0, 0.05) is 10.9 Å². The zero-order valence-electron chi connectivity index (χ0n) is 9.51. The Labute approximate surface area is 99.4 Å². The molecule has 2 heteroatoms. The topological polar surface area (TPSA) is 22.4 Å². The standard InChI is InChI=1S/C15H12O2/c1-16-13-7-4-6-11(9-13)15-10-12-5-2-3-8-14(12)17-15/h2-10H,1H3. The van der Waals surface area contributed by atoms with Crippen molar-refractivity contribution in [3.63, 3.8) is 0 Å². The molecular weight excluding hydrogens is 212 g/mol. The second-order valence-electron chi connectivity index (χ2n) is 3.88. The molecule has 84 valence electrons. The van der Waals surface area contributed by atoms with Gasteiger partial charge in [-0.3, -0.25) is 0 Å². The molecule has 0 aliphatic carbocycles. The summed E-state index contributed by atoms with van der Waals surface area (Å²) >= 11 is 0. The first kappa shape index (κ1) is 9.97. The number of rotatable bonds is 2. The Balaban J connectivity index is 2.13. The Morgan fingerprint density at radius 3 is 2.65 bits per heavy atom. The van der Waals surface area contributed by atoms with Crippen molar-refractivity contribution in [2.75, 3.05) is 7.11 Å². The van der Waals surface area contributed by atoms with E-state index in [1.165, 1.54) is 0 Å². The lowest BCUT2D eigenvalue weighted by Gasteiger charge is -2.01. The van der Waals surface area contributed by atoms with E-state index in [0.29, 0.717) is 0 Å². The lowest BCUT2D eigenvalue weighted by molar-refractivity contribution is 0.415. The van der Waals surface area contributed by atoms with Gasteiger partial charge in [-0.05, 0) is 24.3 Å². The van der Waals surface area contributed by atoms with Gasteiger partial charge in [-0.15, -0.1) is 0 Å². The van der Waals surface area contributed by atoms with Crippen LogP contribution in [0.5, 0.6) is 5.75 Å². The first-order chi connectivity index (χ1) is 8.36. The summed E-state index contributed by atoms with van der Waals surface area (Å²) in [5, 5.41) is 1.12. The number of fused-ring (bicyclic) bond motifs is 1. The fraction of sp³-hybridized carbons (Fsp3) is 0.0667. The van der Waals surface area contributed by atoms with E-state index in [2.05, 4.69) is 0 Å². The van der Waals surface area contributed by atoms with Gasteiger partial charge in [0.25, 0.3) is 0 Å². The molecule has 0 aliphatic rings. The van der Waals surface area contributed by atoms with E-state index >= 15 is 0 Å². The normalized spacial score (nSPS) is 10.6. The Hall–Kier alpha value is -2.22. The summed E-state index contributed by atoms with van der Waals surface area (Å²) in [6, 6.07) is 17.9. The zero-order chi connectivity index (χ0) is 11.7. The third-order valence-electron chi connectivity index (χ3n) is 2.78. The van der Waals surface area contributed by atoms with E-state index in [0.717, 1.165) is 28.0 Å². The van der Waals surface area contributed by atoms with Crippen LogP contribution in [0, 0.1) is 0 Å². The van der Waals surface area contributed by atoms with Crippen molar-refractivity contribution >= 4 is 11.0 Å². The van der Waals surface area contributed by atoms with Crippen molar-refractivity contribution in [3.8, 4) is 17.1 Å². The monoisotopic (exact) mass is 224 g/mol. The van der Waals surface area contributed by atoms with Gasteiger partial charge in [-0.1, -0.05) is 30.3 Å². The highest BCUT2D eigenvalue weighted by atomic mass is 16.5. The molecule has 0 atom stereocenters. The summed E-state index contributed by atoms with van der Waals surface area (Å²) in [7, 11) is 1.66. The molecule has 0 N–H and O–H groups in total. The van der Waals surface area contributed by atoms with Crippen molar-refractivity contribution in [2.24, 2.45) is 0 Å². The predicted octanol–water partition coefficient (Wildman–Crippen LogP) is 4.11. The molecule has 0 saturated heterocycles. The van der Waals surface area contributed by atoms with Crippen molar-refractivity contribution in [1.29, 1.82) is 0 Å². The van der Waals surface area contributed by atoms with Gasteiger partial charge >= 0.3 is 0 Å². The summed E-state index contributed by atoms with van der Waals surface area (Å²) in [6.45, 7) is 0. The molecule has 0 saturated carbocycles. The van der Waals surface area contributed by atoms with Gasteiger partial charge in [0.2, 0.25) is 0 Å². The molecule has 0 spiro atoms. The maximum Gasteiger partial charge on any atom is 0.135 e. The highest BCUT2D eigenvalue weighted by Gasteiger charge is 2.06. The van der Waals surface area contributed by atoms with Gasteiger partial charge < -0.3 is 9.15 Å². The number of ether oxygens (including phenoxy) is 1. The number of benzene rings is 2. The Morgan fingerprint density at radius 1 is 0.941 bits per heavy atom. The zero-order valence-corrected chi connectivity index (χ0v) is 9.51. The van der Waals surface area contributed by atoms with Gasteiger partial charge in [0.05, 0.1) is 7.11 Å². The second kappa shape index (κ2) is 3.98. The fourth-order valence-electron chi connectivity index (χ4n) is 1.90. The summed E-state index contributed by atoms with van der Waals surface area (Å²) in [6.07, 6.45) is 0. The highest BCUT2D eigenvalue weighted by molar-refractivity contribution is 5.82. The minimum atomic E-state index is 0.836. The molecule has 1 heterocycles. The Morgan fingerprint density at radius 2 is 1.82 bits per heavy atom. The quantitative estimate of drug-likeness (QED) is 0.653. The van der Waals surface area contributed by atoms with Crippen molar-refractivity contribution in [1.82, 2.24) is 0 Å². The summed E-state index contributed by atoms with van der Waals surface area (Å²) in [4.78, 5) is 0. The molecule has 0 unspecified atom stereocenters. The number of methoxy groups -OCH3 is 1.